The van der Waals surface area contributed by atoms with Crippen molar-refractivity contribution in [3.05, 3.63) is 32.7 Å². The zero-order valence-electron chi connectivity index (χ0n) is 15.2. The number of methoxy groups -OCH3 is 1. The van der Waals surface area contributed by atoms with Crippen molar-refractivity contribution in [1.82, 2.24) is 23.1 Å². The van der Waals surface area contributed by atoms with E-state index in [1.165, 1.54) is 11.6 Å². The maximum atomic E-state index is 12.9. The van der Waals surface area contributed by atoms with E-state index >= 15 is 0 Å². The van der Waals surface area contributed by atoms with Gasteiger partial charge in [0.25, 0.3) is 5.56 Å². The molecule has 0 amide bonds. The molecule has 0 unspecified atom stereocenters. The molecule has 0 aliphatic heterocycles. The molecule has 26 heavy (non-hydrogen) atoms. The van der Waals surface area contributed by atoms with Crippen molar-refractivity contribution >= 4 is 22.9 Å². The normalized spacial score (nSPS) is 11.5. The minimum Gasteiger partial charge on any atom is -0.465 e. The Hall–Kier alpha value is -2.88. The molecule has 3 aromatic heterocycles. The van der Waals surface area contributed by atoms with Crippen molar-refractivity contribution in [2.45, 2.75) is 26.9 Å². The van der Waals surface area contributed by atoms with Gasteiger partial charge >= 0.3 is 11.7 Å². The maximum absolute atomic E-state index is 12.9. The topological polar surface area (TPSA) is 102 Å². The van der Waals surface area contributed by atoms with Crippen LogP contribution in [0, 0.1) is 6.92 Å². The van der Waals surface area contributed by atoms with Crippen LogP contribution in [0.1, 0.15) is 12.6 Å². The summed E-state index contributed by atoms with van der Waals surface area (Å²) < 4.78 is 15.7. The molecule has 3 aromatic rings. The lowest BCUT2D eigenvalue weighted by Crippen LogP contribution is -2.41. The quantitative estimate of drug-likeness (QED) is 0.556. The van der Waals surface area contributed by atoms with Gasteiger partial charge in [-0.1, -0.05) is 0 Å². The molecule has 0 aliphatic rings. The molecule has 3 rings (SSSR count). The highest BCUT2D eigenvalue weighted by molar-refractivity contribution is 5.76. The molecule has 0 radical (unpaired) electrons. The second-order valence-electron chi connectivity index (χ2n) is 5.91. The average Bonchev–Trinajstić information content (AvgIpc) is 3.10. The summed E-state index contributed by atoms with van der Waals surface area (Å²) in [5.41, 5.74) is 0.215. The summed E-state index contributed by atoms with van der Waals surface area (Å²) in [6, 6.07) is 0. The molecular formula is C16H21N5O5. The Morgan fingerprint density at radius 2 is 2.00 bits per heavy atom. The predicted molar refractivity (Wildman–Crippen MR) is 93.4 cm³/mol. The molecule has 10 heteroatoms. The molecule has 140 valence electrons. The number of aromatic nitrogens is 5. The highest BCUT2D eigenvalue weighted by Gasteiger charge is 2.21. The number of carbonyl (C=O) groups is 1. The first-order valence-corrected chi connectivity index (χ1v) is 8.23. The number of carbonyl (C=O) groups excluding carboxylic acids is 1. The predicted octanol–water partition coefficient (Wildman–Crippen LogP) is -0.333. The zero-order valence-corrected chi connectivity index (χ0v) is 15.2. The van der Waals surface area contributed by atoms with Crippen LogP contribution in [-0.4, -0.2) is 49.4 Å². The van der Waals surface area contributed by atoms with Gasteiger partial charge < -0.3 is 14.0 Å². The molecule has 0 aliphatic carbocycles. The van der Waals surface area contributed by atoms with E-state index in [9.17, 15) is 14.4 Å². The Morgan fingerprint density at radius 3 is 2.65 bits per heavy atom. The Bertz CT molecular complexity index is 1100. The number of imidazole rings is 2. The van der Waals surface area contributed by atoms with E-state index in [1.54, 1.807) is 24.6 Å². The number of esters is 1. The van der Waals surface area contributed by atoms with Gasteiger partial charge in [0.15, 0.2) is 11.2 Å². The summed E-state index contributed by atoms with van der Waals surface area (Å²) in [7, 11) is 3.13. The first kappa shape index (κ1) is 17.9. The van der Waals surface area contributed by atoms with E-state index < -0.39 is 23.8 Å². The van der Waals surface area contributed by atoms with Gasteiger partial charge in [0, 0.05) is 32.6 Å². The van der Waals surface area contributed by atoms with Crippen molar-refractivity contribution in [2.24, 2.45) is 7.05 Å². The van der Waals surface area contributed by atoms with Crippen LogP contribution in [-0.2, 0) is 34.4 Å². The summed E-state index contributed by atoms with van der Waals surface area (Å²) in [6.07, 6.45) is 1.78. The van der Waals surface area contributed by atoms with Gasteiger partial charge in [-0.3, -0.25) is 18.6 Å². The Labute approximate surface area is 148 Å². The summed E-state index contributed by atoms with van der Waals surface area (Å²) in [5, 5.41) is 0. The van der Waals surface area contributed by atoms with E-state index in [1.807, 2.05) is 11.5 Å². The molecule has 0 saturated carbocycles. The van der Waals surface area contributed by atoms with Crippen molar-refractivity contribution in [2.75, 3.05) is 20.3 Å². The number of aryl methyl sites for hydroxylation is 2. The van der Waals surface area contributed by atoms with Crippen LogP contribution in [0.25, 0.3) is 16.9 Å². The van der Waals surface area contributed by atoms with E-state index in [-0.39, 0.29) is 17.8 Å². The first-order chi connectivity index (χ1) is 12.4. The largest absolute Gasteiger partial charge is 0.465 e. The van der Waals surface area contributed by atoms with E-state index in [2.05, 4.69) is 4.98 Å². The van der Waals surface area contributed by atoms with Crippen LogP contribution in [0.2, 0.25) is 0 Å². The number of ether oxygens (including phenoxy) is 2. The lowest BCUT2D eigenvalue weighted by Gasteiger charge is -2.07. The molecule has 0 atom stereocenters. The van der Waals surface area contributed by atoms with Crippen LogP contribution >= 0.6 is 0 Å². The fourth-order valence-electron chi connectivity index (χ4n) is 2.99. The molecular weight excluding hydrogens is 342 g/mol. The average molecular weight is 363 g/mol. The third-order valence-corrected chi connectivity index (χ3v) is 4.25. The smallest absolute Gasteiger partial charge is 0.333 e. The van der Waals surface area contributed by atoms with Crippen LogP contribution in [0.3, 0.4) is 0 Å². The van der Waals surface area contributed by atoms with Crippen LogP contribution < -0.4 is 11.2 Å². The molecule has 0 bridgehead atoms. The van der Waals surface area contributed by atoms with Gasteiger partial charge in [0.2, 0.25) is 5.78 Å². The van der Waals surface area contributed by atoms with Gasteiger partial charge in [-0.2, -0.15) is 4.98 Å². The fourth-order valence-corrected chi connectivity index (χ4v) is 2.99. The Balaban J connectivity index is 2.27. The van der Waals surface area contributed by atoms with Crippen molar-refractivity contribution in [1.29, 1.82) is 0 Å². The summed E-state index contributed by atoms with van der Waals surface area (Å²) in [6.45, 7) is 4.34. The van der Waals surface area contributed by atoms with Crippen molar-refractivity contribution < 1.29 is 14.3 Å². The van der Waals surface area contributed by atoms with Gasteiger partial charge in [-0.05, 0) is 13.8 Å². The molecule has 0 N–H and O–H groups in total. The number of rotatable bonds is 6. The molecule has 0 saturated heterocycles. The maximum Gasteiger partial charge on any atom is 0.333 e. The van der Waals surface area contributed by atoms with Gasteiger partial charge in [0.1, 0.15) is 6.54 Å². The number of nitrogens with zero attached hydrogens (tertiary/aromatic N) is 5. The highest BCUT2D eigenvalue weighted by Crippen LogP contribution is 2.16. The van der Waals surface area contributed by atoms with Crippen LogP contribution in [0.15, 0.2) is 15.8 Å². The number of hydrogen-bond acceptors (Lipinski definition) is 6. The molecule has 0 aromatic carbocycles. The third kappa shape index (κ3) is 2.71. The lowest BCUT2D eigenvalue weighted by molar-refractivity contribution is -0.143. The van der Waals surface area contributed by atoms with Crippen molar-refractivity contribution in [3.8, 4) is 0 Å². The minimum atomic E-state index is -0.638. The Morgan fingerprint density at radius 1 is 1.27 bits per heavy atom. The van der Waals surface area contributed by atoms with Crippen LogP contribution in [0.5, 0.6) is 0 Å². The standard InChI is InChI=1S/C16H21N5O5/c1-5-26-11(22)9-21-14(23)12-13(18(3)16(21)24)17-15-19(6-7-25-4)10(2)8-20(12)15/h8H,5-7,9H2,1-4H3. The van der Waals surface area contributed by atoms with E-state index in [0.717, 1.165) is 10.3 Å². The van der Waals surface area contributed by atoms with Crippen LogP contribution in [0.4, 0.5) is 0 Å². The van der Waals surface area contributed by atoms with E-state index in [4.69, 9.17) is 9.47 Å². The first-order valence-electron chi connectivity index (χ1n) is 8.23. The van der Waals surface area contributed by atoms with Gasteiger partial charge in [-0.25, -0.2) is 9.36 Å². The Kier molecular flexibility index (Phi) is 4.68. The summed E-state index contributed by atoms with van der Waals surface area (Å²) in [5.74, 6) is -0.101. The molecule has 0 fully saturated rings. The van der Waals surface area contributed by atoms with Gasteiger partial charge in [-0.15, -0.1) is 0 Å². The lowest BCUT2D eigenvalue weighted by atomic mass is 10.4. The molecule has 10 nitrogen and oxygen atoms in total. The van der Waals surface area contributed by atoms with Gasteiger partial charge in [0.05, 0.1) is 13.2 Å². The second-order valence-corrected chi connectivity index (χ2v) is 5.91. The highest BCUT2D eigenvalue weighted by atomic mass is 16.5. The molecule has 0 spiro atoms. The SMILES string of the molecule is CCOC(=O)Cn1c(=O)c2c(nc3n(CCOC)c(C)cn23)n(C)c1=O. The monoisotopic (exact) mass is 363 g/mol. The third-order valence-electron chi connectivity index (χ3n) is 4.25. The number of hydrogen-bond donors (Lipinski definition) is 0. The fraction of sp³-hybridized carbons (Fsp3) is 0.500. The minimum absolute atomic E-state index is 0.175. The second kappa shape index (κ2) is 6.79. The summed E-state index contributed by atoms with van der Waals surface area (Å²) >= 11 is 0. The zero-order chi connectivity index (χ0) is 19.0. The number of fused-ring (bicyclic) bond motifs is 3. The van der Waals surface area contributed by atoms with E-state index in [0.29, 0.717) is 18.9 Å². The molecule has 3 heterocycles. The summed E-state index contributed by atoms with van der Waals surface area (Å²) in [4.78, 5) is 41.6. The van der Waals surface area contributed by atoms with Crippen molar-refractivity contribution in [3.63, 3.8) is 0 Å².